The fourth-order valence-corrected chi connectivity index (χ4v) is 8.29. The Morgan fingerprint density at radius 2 is 1.40 bits per heavy atom. The fourth-order valence-electron chi connectivity index (χ4n) is 8.29. The first-order valence-corrected chi connectivity index (χ1v) is 16.3. The van der Waals surface area contributed by atoms with Crippen LogP contribution in [-0.2, 0) is 38.1 Å². The van der Waals surface area contributed by atoms with Crippen molar-refractivity contribution in [1.82, 2.24) is 0 Å². The van der Waals surface area contributed by atoms with Crippen molar-refractivity contribution in [2.45, 2.75) is 144 Å². The van der Waals surface area contributed by atoms with Crippen molar-refractivity contribution >= 4 is 23.9 Å². The first-order valence-electron chi connectivity index (χ1n) is 16.3. The minimum absolute atomic E-state index is 0.0960. The van der Waals surface area contributed by atoms with Crippen molar-refractivity contribution in [2.24, 2.45) is 34.5 Å². The quantitative estimate of drug-likeness (QED) is 0.179. The predicted molar refractivity (Wildman–Crippen MR) is 160 cm³/mol. The minimum Gasteiger partial charge on any atom is -0.462 e. The highest BCUT2D eigenvalue weighted by Gasteiger charge is 2.69. The number of ether oxygens (including phenoxy) is 4. The van der Waals surface area contributed by atoms with Crippen LogP contribution >= 0.6 is 0 Å². The Morgan fingerprint density at radius 1 is 0.860 bits per heavy atom. The van der Waals surface area contributed by atoms with Gasteiger partial charge in [-0.25, -0.2) is 0 Å². The maximum absolute atomic E-state index is 13.1. The average Bonchev–Trinajstić information content (AvgIpc) is 3.17. The Labute approximate surface area is 257 Å². The lowest BCUT2D eigenvalue weighted by Crippen LogP contribution is -2.61. The van der Waals surface area contributed by atoms with Crippen molar-refractivity contribution in [1.29, 1.82) is 0 Å². The molecule has 0 amide bonds. The van der Waals surface area contributed by atoms with Crippen molar-refractivity contribution in [3.8, 4) is 0 Å². The number of aliphatic hydroxyl groups is 1. The van der Waals surface area contributed by atoms with Gasteiger partial charge in [-0.2, -0.15) is 0 Å². The molecule has 0 aromatic heterocycles. The summed E-state index contributed by atoms with van der Waals surface area (Å²) in [6.45, 7) is 17.2. The van der Waals surface area contributed by atoms with Crippen LogP contribution in [0.1, 0.15) is 114 Å². The molecule has 0 radical (unpaired) electrons. The molecule has 244 valence electrons. The molecule has 2 saturated carbocycles. The summed E-state index contributed by atoms with van der Waals surface area (Å²) >= 11 is 0. The smallest absolute Gasteiger partial charge is 0.306 e. The second-order valence-electron chi connectivity index (χ2n) is 13.9. The van der Waals surface area contributed by atoms with Gasteiger partial charge < -0.3 is 24.1 Å². The molecule has 4 unspecified atom stereocenters. The normalized spacial score (nSPS) is 37.0. The molecular weight excluding hydrogens is 552 g/mol. The van der Waals surface area contributed by atoms with Crippen LogP contribution in [0.25, 0.3) is 0 Å². The number of aliphatic hydroxyl groups excluding tert-OH is 1. The van der Waals surface area contributed by atoms with Crippen LogP contribution < -0.4 is 0 Å². The van der Waals surface area contributed by atoms with E-state index in [9.17, 15) is 24.3 Å². The van der Waals surface area contributed by atoms with Crippen molar-refractivity contribution in [3.05, 3.63) is 11.6 Å². The van der Waals surface area contributed by atoms with Gasteiger partial charge in [0.1, 0.15) is 24.4 Å². The number of carbonyl (C=O) groups is 4. The van der Waals surface area contributed by atoms with E-state index in [0.717, 1.165) is 0 Å². The summed E-state index contributed by atoms with van der Waals surface area (Å²) in [5.41, 5.74) is -0.790. The molecule has 0 bridgehead atoms. The molecule has 0 aliphatic heterocycles. The molecule has 1 N–H and O–H groups in total. The standard InChI is InChI=1S/C34H54O9/c1-10-13-25(36)41-23-17-34(9)24(42-26(37)14-11-2)18-33(8)22(29(34)28(23)19(4)5)16-20(6)31(40-21(7)35)30(39)32(33)43-27(38)15-12-3/h16,19,22-24,28-32,39H,10-15,17-18H2,1-9H3/t22-,23+,24+,28+,29?,30+,31+,32?,33?,34?/m1/s1. The highest BCUT2D eigenvalue weighted by atomic mass is 16.6. The number of fused-ring (bicyclic) bond motifs is 3. The number of esters is 4. The second-order valence-corrected chi connectivity index (χ2v) is 13.9. The molecule has 2 fully saturated rings. The summed E-state index contributed by atoms with van der Waals surface area (Å²) < 4.78 is 24.2. The molecule has 10 atom stereocenters. The van der Waals surface area contributed by atoms with E-state index < -0.39 is 53.3 Å². The van der Waals surface area contributed by atoms with Gasteiger partial charge in [0.25, 0.3) is 0 Å². The summed E-state index contributed by atoms with van der Waals surface area (Å²) in [5, 5.41) is 11.8. The zero-order chi connectivity index (χ0) is 32.3. The first kappa shape index (κ1) is 35.1. The van der Waals surface area contributed by atoms with Crippen LogP contribution in [-0.4, -0.2) is 59.5 Å². The molecule has 0 saturated heterocycles. The largest absolute Gasteiger partial charge is 0.462 e. The molecule has 3 aliphatic rings. The molecule has 0 aromatic rings. The minimum atomic E-state index is -1.33. The molecule has 0 heterocycles. The van der Waals surface area contributed by atoms with Gasteiger partial charge in [0.15, 0.2) is 6.10 Å². The maximum atomic E-state index is 13.1. The fraction of sp³-hybridized carbons (Fsp3) is 0.824. The van der Waals surface area contributed by atoms with E-state index in [0.29, 0.717) is 44.1 Å². The Morgan fingerprint density at radius 3 is 1.91 bits per heavy atom. The summed E-state index contributed by atoms with van der Waals surface area (Å²) in [6.07, 6.45) is 1.22. The molecular formula is C34H54O9. The van der Waals surface area contributed by atoms with E-state index in [1.807, 2.05) is 34.6 Å². The van der Waals surface area contributed by atoms with Crippen LogP contribution in [0.15, 0.2) is 11.6 Å². The lowest BCUT2D eigenvalue weighted by molar-refractivity contribution is -0.212. The van der Waals surface area contributed by atoms with Crippen LogP contribution in [0, 0.1) is 34.5 Å². The van der Waals surface area contributed by atoms with E-state index in [1.54, 1.807) is 0 Å². The van der Waals surface area contributed by atoms with Gasteiger partial charge in [-0.3, -0.25) is 19.2 Å². The van der Waals surface area contributed by atoms with Gasteiger partial charge in [-0.1, -0.05) is 54.5 Å². The summed E-state index contributed by atoms with van der Waals surface area (Å²) in [5.74, 6) is -1.96. The zero-order valence-corrected chi connectivity index (χ0v) is 27.6. The van der Waals surface area contributed by atoms with Crippen LogP contribution in [0.4, 0.5) is 0 Å². The third-order valence-electron chi connectivity index (χ3n) is 10.2. The van der Waals surface area contributed by atoms with Gasteiger partial charge in [0.05, 0.1) is 0 Å². The molecule has 0 spiro atoms. The van der Waals surface area contributed by atoms with Crippen molar-refractivity contribution in [2.75, 3.05) is 0 Å². The Kier molecular flexibility index (Phi) is 11.5. The zero-order valence-electron chi connectivity index (χ0n) is 27.6. The van der Waals surface area contributed by atoms with Crippen LogP contribution in [0.5, 0.6) is 0 Å². The van der Waals surface area contributed by atoms with Crippen molar-refractivity contribution < 1.29 is 43.2 Å². The summed E-state index contributed by atoms with van der Waals surface area (Å²) in [6, 6.07) is 0. The highest BCUT2D eigenvalue weighted by molar-refractivity contribution is 5.71. The first-order chi connectivity index (χ1) is 20.1. The maximum Gasteiger partial charge on any atom is 0.306 e. The van der Waals surface area contributed by atoms with Gasteiger partial charge in [0, 0.05) is 42.9 Å². The van der Waals surface area contributed by atoms with Crippen molar-refractivity contribution in [3.63, 3.8) is 0 Å². The van der Waals surface area contributed by atoms with Crippen LogP contribution in [0.3, 0.4) is 0 Å². The van der Waals surface area contributed by atoms with E-state index in [-0.39, 0.29) is 48.5 Å². The summed E-state index contributed by atoms with van der Waals surface area (Å²) in [4.78, 5) is 51.1. The number of hydrogen-bond acceptors (Lipinski definition) is 9. The molecule has 3 aliphatic carbocycles. The van der Waals surface area contributed by atoms with E-state index in [4.69, 9.17) is 18.9 Å². The lowest BCUT2D eigenvalue weighted by Gasteiger charge is -2.57. The second kappa shape index (κ2) is 14.1. The molecule has 9 nitrogen and oxygen atoms in total. The summed E-state index contributed by atoms with van der Waals surface area (Å²) in [7, 11) is 0. The Hall–Kier alpha value is -2.42. The third kappa shape index (κ3) is 7.12. The van der Waals surface area contributed by atoms with Gasteiger partial charge in [-0.05, 0) is 62.4 Å². The highest BCUT2D eigenvalue weighted by Crippen LogP contribution is 2.67. The van der Waals surface area contributed by atoms with E-state index in [2.05, 4.69) is 26.8 Å². The Bertz CT molecular complexity index is 1070. The van der Waals surface area contributed by atoms with Crippen LogP contribution in [0.2, 0.25) is 0 Å². The third-order valence-corrected chi connectivity index (χ3v) is 10.2. The number of carbonyl (C=O) groups excluding carboxylic acids is 4. The molecule has 43 heavy (non-hydrogen) atoms. The molecule has 3 rings (SSSR count). The average molecular weight is 607 g/mol. The number of allylic oxidation sites excluding steroid dienone is 1. The SMILES string of the molecule is CCCC(=O)OC1[C@@H](O)[C@@H](OC(C)=O)C(C)=C[C@@H]2C3[C@@H](C(C)C)[C@@H](OC(=O)CCC)CC3(C)[C@@H](OC(=O)CCC)CC12C. The molecule has 0 aromatic carbocycles. The molecule has 9 heteroatoms. The topological polar surface area (TPSA) is 125 Å². The van der Waals surface area contributed by atoms with E-state index in [1.165, 1.54) is 6.92 Å². The number of hydrogen-bond donors (Lipinski definition) is 1. The Balaban J connectivity index is 2.26. The van der Waals surface area contributed by atoms with E-state index >= 15 is 0 Å². The van der Waals surface area contributed by atoms with Gasteiger partial charge >= 0.3 is 23.9 Å². The predicted octanol–water partition coefficient (Wildman–Crippen LogP) is 5.70. The lowest BCUT2D eigenvalue weighted by atomic mass is 9.49. The number of rotatable bonds is 11. The monoisotopic (exact) mass is 606 g/mol. The van der Waals surface area contributed by atoms with Gasteiger partial charge in [0.2, 0.25) is 0 Å². The van der Waals surface area contributed by atoms with Gasteiger partial charge in [-0.15, -0.1) is 0 Å².